The fraction of sp³-hybridized carbons (Fsp3) is 0.462. The quantitative estimate of drug-likeness (QED) is 0.785. The summed E-state index contributed by atoms with van der Waals surface area (Å²) in [7, 11) is -7.26. The molecule has 23 heavy (non-hydrogen) atoms. The Balaban J connectivity index is 2.14. The number of nitrogens with zero attached hydrogens (tertiary/aromatic N) is 1. The summed E-state index contributed by atoms with van der Waals surface area (Å²) in [5.41, 5.74) is 0.376. The van der Waals surface area contributed by atoms with E-state index in [1.165, 1.54) is 28.6 Å². The van der Waals surface area contributed by atoms with Gasteiger partial charge in [-0.15, -0.1) is 0 Å². The van der Waals surface area contributed by atoms with E-state index in [1.807, 2.05) is 0 Å². The van der Waals surface area contributed by atoms with Crippen LogP contribution < -0.4 is 10.5 Å². The van der Waals surface area contributed by atoms with E-state index in [0.29, 0.717) is 18.7 Å². The molecule has 1 amide bonds. The van der Waals surface area contributed by atoms with Crippen LogP contribution in [0.3, 0.4) is 0 Å². The lowest BCUT2D eigenvalue weighted by molar-refractivity contribution is -0.120. The topological polar surface area (TPSA) is 127 Å². The Kier molecular flexibility index (Phi) is 5.09. The smallest absolute Gasteiger partial charge is 0.242 e. The van der Waals surface area contributed by atoms with Crippen molar-refractivity contribution in [1.82, 2.24) is 4.31 Å². The number of sulfonamides is 2. The van der Waals surface area contributed by atoms with Gasteiger partial charge in [0.05, 0.1) is 11.2 Å². The molecule has 0 bridgehead atoms. The van der Waals surface area contributed by atoms with Crippen molar-refractivity contribution in [2.75, 3.05) is 18.1 Å². The highest BCUT2D eigenvalue weighted by Gasteiger charge is 2.34. The number of nitrogens with one attached hydrogen (secondary N) is 1. The highest BCUT2D eigenvalue weighted by atomic mass is 32.2. The Bertz CT molecular complexity index is 787. The summed E-state index contributed by atoms with van der Waals surface area (Å²) >= 11 is 0. The van der Waals surface area contributed by atoms with Crippen LogP contribution in [0.5, 0.6) is 0 Å². The molecule has 0 aromatic heterocycles. The van der Waals surface area contributed by atoms with E-state index in [1.54, 1.807) is 0 Å². The number of carbonyl (C=O) groups excluding carboxylic acids is 1. The fourth-order valence-electron chi connectivity index (χ4n) is 2.52. The summed E-state index contributed by atoms with van der Waals surface area (Å²) in [6, 6.07) is 4.62. The summed E-state index contributed by atoms with van der Waals surface area (Å²) in [6.45, 7) is 0.321. The normalized spacial score (nSPS) is 20.2. The first-order valence-corrected chi connectivity index (χ1v) is 10.4. The number of hydrogen-bond acceptors (Lipinski definition) is 5. The summed E-state index contributed by atoms with van der Waals surface area (Å²) in [5.74, 6) is -0.432. The monoisotopic (exact) mass is 361 g/mol. The van der Waals surface area contributed by atoms with Crippen molar-refractivity contribution in [2.45, 2.75) is 30.2 Å². The summed E-state index contributed by atoms with van der Waals surface area (Å²) in [6.07, 6.45) is 3.03. The van der Waals surface area contributed by atoms with Crippen LogP contribution in [0, 0.1) is 0 Å². The van der Waals surface area contributed by atoms with Crippen LogP contribution in [-0.2, 0) is 24.8 Å². The van der Waals surface area contributed by atoms with Crippen LogP contribution >= 0.6 is 0 Å². The van der Waals surface area contributed by atoms with Crippen LogP contribution in [0.1, 0.15) is 19.3 Å². The molecule has 1 unspecified atom stereocenters. The van der Waals surface area contributed by atoms with Crippen molar-refractivity contribution >= 4 is 31.6 Å². The second kappa shape index (κ2) is 6.56. The molecule has 1 saturated heterocycles. The van der Waals surface area contributed by atoms with Crippen LogP contribution in [0.25, 0.3) is 0 Å². The van der Waals surface area contributed by atoms with E-state index in [-0.39, 0.29) is 4.90 Å². The van der Waals surface area contributed by atoms with E-state index >= 15 is 0 Å². The first-order chi connectivity index (χ1) is 10.6. The molecule has 1 fully saturated rings. The molecule has 0 saturated carbocycles. The van der Waals surface area contributed by atoms with Crippen molar-refractivity contribution < 1.29 is 21.6 Å². The van der Waals surface area contributed by atoms with Gasteiger partial charge in [0.2, 0.25) is 26.0 Å². The van der Waals surface area contributed by atoms with E-state index in [2.05, 4.69) is 5.32 Å². The van der Waals surface area contributed by atoms with Gasteiger partial charge in [0.1, 0.15) is 6.04 Å². The molecular formula is C13H19N3O5S2. The minimum Gasteiger partial charge on any atom is -0.325 e. The summed E-state index contributed by atoms with van der Waals surface area (Å²) in [5, 5.41) is 7.61. The van der Waals surface area contributed by atoms with Crippen LogP contribution in [0.15, 0.2) is 29.2 Å². The third-order valence-electron chi connectivity index (χ3n) is 3.63. The summed E-state index contributed by atoms with van der Waals surface area (Å²) < 4.78 is 47.1. The third kappa shape index (κ3) is 4.50. The average Bonchev–Trinajstić information content (AvgIpc) is 2.46. The molecule has 1 atom stereocenters. The van der Waals surface area contributed by atoms with E-state index in [4.69, 9.17) is 5.14 Å². The van der Waals surface area contributed by atoms with Gasteiger partial charge < -0.3 is 5.32 Å². The number of primary sulfonamides is 1. The van der Waals surface area contributed by atoms with Gasteiger partial charge >= 0.3 is 0 Å². The number of nitrogens with two attached hydrogens (primary N) is 1. The second-order valence-corrected chi connectivity index (χ2v) is 8.94. The lowest BCUT2D eigenvalue weighted by atomic mass is 10.0. The molecule has 128 valence electrons. The maximum Gasteiger partial charge on any atom is 0.242 e. The highest BCUT2D eigenvalue weighted by molar-refractivity contribution is 7.89. The minimum atomic E-state index is -3.80. The van der Waals surface area contributed by atoms with E-state index in [9.17, 15) is 21.6 Å². The Labute approximate surface area is 135 Å². The van der Waals surface area contributed by atoms with Gasteiger partial charge in [-0.3, -0.25) is 4.79 Å². The number of anilines is 1. The molecular weight excluding hydrogens is 342 g/mol. The summed E-state index contributed by atoms with van der Waals surface area (Å²) in [4.78, 5) is 12.3. The maximum atomic E-state index is 12.3. The number of carbonyl (C=O) groups is 1. The Morgan fingerprint density at radius 3 is 2.30 bits per heavy atom. The zero-order valence-corrected chi connectivity index (χ0v) is 14.2. The largest absolute Gasteiger partial charge is 0.325 e. The van der Waals surface area contributed by atoms with Gasteiger partial charge in [0.25, 0.3) is 0 Å². The van der Waals surface area contributed by atoms with Crippen LogP contribution in [0.4, 0.5) is 5.69 Å². The molecule has 1 aromatic rings. The molecule has 0 spiro atoms. The maximum absolute atomic E-state index is 12.3. The van der Waals surface area contributed by atoms with Gasteiger partial charge in [-0.25, -0.2) is 22.0 Å². The lowest BCUT2D eigenvalue weighted by Gasteiger charge is -2.32. The first kappa shape index (κ1) is 17.9. The van der Waals surface area contributed by atoms with Crippen molar-refractivity contribution in [3.63, 3.8) is 0 Å². The number of piperidine rings is 1. The SMILES string of the molecule is CS(=O)(=O)N1CCCCC1C(=O)Nc1ccc(S(N)(=O)=O)cc1. The van der Waals surface area contributed by atoms with Crippen molar-refractivity contribution in [1.29, 1.82) is 0 Å². The van der Waals surface area contributed by atoms with Crippen LogP contribution in [0.2, 0.25) is 0 Å². The van der Waals surface area contributed by atoms with Crippen molar-refractivity contribution in [2.24, 2.45) is 5.14 Å². The lowest BCUT2D eigenvalue weighted by Crippen LogP contribution is -2.49. The molecule has 1 aliphatic rings. The second-order valence-electron chi connectivity index (χ2n) is 5.44. The van der Waals surface area contributed by atoms with Gasteiger partial charge in [-0.05, 0) is 37.1 Å². The number of rotatable bonds is 4. The van der Waals surface area contributed by atoms with Gasteiger partial charge in [-0.1, -0.05) is 6.42 Å². The first-order valence-electron chi connectivity index (χ1n) is 6.99. The molecule has 0 radical (unpaired) electrons. The third-order valence-corrected chi connectivity index (χ3v) is 5.85. The van der Waals surface area contributed by atoms with Crippen molar-refractivity contribution in [3.05, 3.63) is 24.3 Å². The molecule has 3 N–H and O–H groups in total. The van der Waals surface area contributed by atoms with Gasteiger partial charge in [-0.2, -0.15) is 4.31 Å². The van der Waals surface area contributed by atoms with Crippen LogP contribution in [-0.4, -0.2) is 45.9 Å². The zero-order valence-electron chi connectivity index (χ0n) is 12.6. The molecule has 2 rings (SSSR count). The molecule has 8 nitrogen and oxygen atoms in total. The molecule has 1 heterocycles. The van der Waals surface area contributed by atoms with E-state index in [0.717, 1.165) is 19.1 Å². The predicted octanol–water partition coefficient (Wildman–Crippen LogP) is 0.0866. The Hall–Kier alpha value is -1.49. The average molecular weight is 361 g/mol. The number of hydrogen-bond donors (Lipinski definition) is 2. The van der Waals surface area contributed by atoms with E-state index < -0.39 is 32.0 Å². The molecule has 1 aromatic carbocycles. The number of benzene rings is 1. The molecule has 1 aliphatic heterocycles. The predicted molar refractivity (Wildman–Crippen MR) is 85.6 cm³/mol. The zero-order chi connectivity index (χ0) is 17.3. The van der Waals surface area contributed by atoms with Gasteiger partial charge in [0.15, 0.2) is 0 Å². The standard InChI is InChI=1S/C13H19N3O5S2/c1-22(18,19)16-9-3-2-4-12(16)13(17)15-10-5-7-11(8-6-10)23(14,20)21/h5-8,12H,2-4,9H2,1H3,(H,15,17)(H2,14,20,21). The molecule has 10 heteroatoms. The highest BCUT2D eigenvalue weighted by Crippen LogP contribution is 2.22. The Morgan fingerprint density at radius 2 is 1.78 bits per heavy atom. The Morgan fingerprint density at radius 1 is 1.17 bits per heavy atom. The van der Waals surface area contributed by atoms with Gasteiger partial charge in [0, 0.05) is 12.2 Å². The number of amides is 1. The van der Waals surface area contributed by atoms with Crippen molar-refractivity contribution in [3.8, 4) is 0 Å². The minimum absolute atomic E-state index is 0.0640. The molecule has 0 aliphatic carbocycles. The fourth-order valence-corrected chi connectivity index (χ4v) is 4.16.